The number of pyridine rings is 1. The van der Waals surface area contributed by atoms with Crippen molar-refractivity contribution in [3.05, 3.63) is 34.2 Å². The predicted octanol–water partition coefficient (Wildman–Crippen LogP) is 0.893. The summed E-state index contributed by atoms with van der Waals surface area (Å²) < 4.78 is 0. The molecule has 0 bridgehead atoms. The van der Waals surface area contributed by atoms with Crippen LogP contribution in [-0.4, -0.2) is 28.4 Å². The highest BCUT2D eigenvalue weighted by molar-refractivity contribution is 5.94. The number of aromatic amines is 1. The van der Waals surface area contributed by atoms with Crippen LogP contribution >= 0.6 is 0 Å². The summed E-state index contributed by atoms with van der Waals surface area (Å²) in [6.07, 6.45) is 5.40. The monoisotopic (exact) mass is 231 g/mol. The molecule has 1 amide bonds. The highest BCUT2D eigenvalue weighted by Gasteiger charge is 2.28. The van der Waals surface area contributed by atoms with Crippen molar-refractivity contribution in [2.24, 2.45) is 0 Å². The molecular formula is C12H13N3O2. The average Bonchev–Trinajstić information content (AvgIpc) is 2.38. The van der Waals surface area contributed by atoms with Crippen molar-refractivity contribution in [2.75, 3.05) is 6.54 Å². The van der Waals surface area contributed by atoms with Gasteiger partial charge in [0.1, 0.15) is 11.6 Å². The molecule has 1 atom stereocenters. The van der Waals surface area contributed by atoms with Crippen LogP contribution in [0.25, 0.3) is 0 Å². The Bertz CT molecular complexity index is 515. The fraction of sp³-hybridized carbons (Fsp3) is 0.417. The molecular weight excluding hydrogens is 218 g/mol. The number of hydrogen-bond acceptors (Lipinski definition) is 3. The zero-order chi connectivity index (χ0) is 12.3. The van der Waals surface area contributed by atoms with E-state index in [9.17, 15) is 9.59 Å². The lowest BCUT2D eigenvalue weighted by molar-refractivity contribution is 0.0669. The molecule has 0 spiro atoms. The van der Waals surface area contributed by atoms with E-state index in [0.29, 0.717) is 13.0 Å². The fourth-order valence-electron chi connectivity index (χ4n) is 2.05. The summed E-state index contributed by atoms with van der Waals surface area (Å²) in [5.74, 6) is -0.349. The average molecular weight is 231 g/mol. The van der Waals surface area contributed by atoms with E-state index >= 15 is 0 Å². The van der Waals surface area contributed by atoms with Gasteiger partial charge in [-0.1, -0.05) is 0 Å². The molecule has 1 aromatic rings. The fourth-order valence-corrected chi connectivity index (χ4v) is 2.05. The van der Waals surface area contributed by atoms with E-state index < -0.39 is 6.04 Å². The number of carbonyl (C=O) groups excluding carboxylic acids is 1. The quantitative estimate of drug-likeness (QED) is 0.779. The molecule has 88 valence electrons. The number of amides is 1. The summed E-state index contributed by atoms with van der Waals surface area (Å²) in [5, 5.41) is 9.00. The van der Waals surface area contributed by atoms with Gasteiger partial charge in [0.25, 0.3) is 5.91 Å². The lowest BCUT2D eigenvalue weighted by atomic mass is 10.0. The number of aromatic nitrogens is 1. The second-order valence-electron chi connectivity index (χ2n) is 4.06. The Morgan fingerprint density at radius 1 is 1.53 bits per heavy atom. The third-order valence-corrected chi connectivity index (χ3v) is 2.97. The molecule has 0 saturated carbocycles. The maximum absolute atomic E-state index is 12.1. The Kier molecular flexibility index (Phi) is 3.24. The van der Waals surface area contributed by atoms with Gasteiger partial charge in [-0.05, 0) is 19.3 Å². The largest absolute Gasteiger partial charge is 0.367 e. The van der Waals surface area contributed by atoms with Crippen LogP contribution in [0, 0.1) is 11.3 Å². The zero-order valence-corrected chi connectivity index (χ0v) is 9.35. The number of H-pyrrole nitrogens is 1. The van der Waals surface area contributed by atoms with Crippen LogP contribution in [0.2, 0.25) is 0 Å². The van der Waals surface area contributed by atoms with Crippen molar-refractivity contribution < 1.29 is 4.79 Å². The Morgan fingerprint density at radius 3 is 3.06 bits per heavy atom. The summed E-state index contributed by atoms with van der Waals surface area (Å²) >= 11 is 0. The summed E-state index contributed by atoms with van der Waals surface area (Å²) in [5.41, 5.74) is -0.203. The van der Waals surface area contributed by atoms with Crippen LogP contribution in [0.1, 0.15) is 29.6 Å². The molecule has 0 radical (unpaired) electrons. The number of likely N-dealkylation sites (tertiary alicyclic amines) is 1. The van der Waals surface area contributed by atoms with Crippen molar-refractivity contribution in [1.82, 2.24) is 9.88 Å². The minimum atomic E-state index is -0.407. The van der Waals surface area contributed by atoms with Gasteiger partial charge in [0, 0.05) is 25.0 Å². The van der Waals surface area contributed by atoms with Crippen molar-refractivity contribution in [1.29, 1.82) is 5.26 Å². The minimum Gasteiger partial charge on any atom is -0.367 e. The molecule has 1 fully saturated rings. The number of piperidine rings is 1. The molecule has 0 aliphatic carbocycles. The van der Waals surface area contributed by atoms with Crippen molar-refractivity contribution in [2.45, 2.75) is 25.3 Å². The van der Waals surface area contributed by atoms with Crippen LogP contribution in [0.4, 0.5) is 0 Å². The Labute approximate surface area is 98.7 Å². The Hall–Kier alpha value is -2.09. The summed E-state index contributed by atoms with van der Waals surface area (Å²) in [6.45, 7) is 0.547. The SMILES string of the molecule is N#CC1CCCCN1C(=O)c1c[nH]ccc1=O. The molecule has 1 unspecified atom stereocenters. The normalized spacial score (nSPS) is 19.7. The first-order valence-corrected chi connectivity index (χ1v) is 5.61. The summed E-state index contributed by atoms with van der Waals surface area (Å²) in [7, 11) is 0. The van der Waals surface area contributed by atoms with Gasteiger partial charge >= 0.3 is 0 Å². The van der Waals surface area contributed by atoms with Crippen LogP contribution in [0.5, 0.6) is 0 Å². The number of nitriles is 1. The van der Waals surface area contributed by atoms with E-state index in [1.54, 1.807) is 0 Å². The molecule has 0 aromatic carbocycles. The van der Waals surface area contributed by atoms with Gasteiger partial charge in [-0.15, -0.1) is 0 Å². The number of rotatable bonds is 1. The predicted molar refractivity (Wildman–Crippen MR) is 61.4 cm³/mol. The van der Waals surface area contributed by atoms with E-state index in [-0.39, 0.29) is 16.9 Å². The van der Waals surface area contributed by atoms with E-state index in [0.717, 1.165) is 12.8 Å². The van der Waals surface area contributed by atoms with E-state index in [4.69, 9.17) is 5.26 Å². The van der Waals surface area contributed by atoms with Gasteiger partial charge in [-0.25, -0.2) is 0 Å². The first-order valence-electron chi connectivity index (χ1n) is 5.61. The van der Waals surface area contributed by atoms with E-state index in [1.165, 1.54) is 23.4 Å². The van der Waals surface area contributed by atoms with Crippen molar-refractivity contribution >= 4 is 5.91 Å². The third-order valence-electron chi connectivity index (χ3n) is 2.97. The van der Waals surface area contributed by atoms with E-state index in [1.807, 2.05) is 0 Å². The lowest BCUT2D eigenvalue weighted by Crippen LogP contribution is -2.44. The van der Waals surface area contributed by atoms with Gasteiger partial charge in [-0.2, -0.15) is 5.26 Å². The molecule has 1 saturated heterocycles. The highest BCUT2D eigenvalue weighted by Crippen LogP contribution is 2.17. The molecule has 1 aliphatic rings. The maximum Gasteiger partial charge on any atom is 0.260 e. The minimum absolute atomic E-state index is 0.106. The second-order valence-corrected chi connectivity index (χ2v) is 4.06. The molecule has 2 rings (SSSR count). The molecule has 5 nitrogen and oxygen atoms in total. The first-order chi connectivity index (χ1) is 8.24. The standard InChI is InChI=1S/C12H13N3O2/c13-7-9-3-1-2-6-15(9)12(17)10-8-14-5-4-11(10)16/h4-5,8-9H,1-3,6H2,(H,14,16). The van der Waals surface area contributed by atoms with Gasteiger partial charge in [0.15, 0.2) is 5.43 Å². The Balaban J connectivity index is 2.28. The molecule has 2 heterocycles. The van der Waals surface area contributed by atoms with Gasteiger partial charge in [-0.3, -0.25) is 9.59 Å². The smallest absolute Gasteiger partial charge is 0.260 e. The van der Waals surface area contributed by atoms with Crippen LogP contribution in [0.3, 0.4) is 0 Å². The topological polar surface area (TPSA) is 77.0 Å². The van der Waals surface area contributed by atoms with Gasteiger partial charge in [0.2, 0.25) is 0 Å². The first kappa shape index (κ1) is 11.4. The number of hydrogen-bond donors (Lipinski definition) is 1. The molecule has 5 heteroatoms. The molecule has 1 aromatic heterocycles. The van der Waals surface area contributed by atoms with E-state index in [2.05, 4.69) is 11.1 Å². The lowest BCUT2D eigenvalue weighted by Gasteiger charge is -2.31. The van der Waals surface area contributed by atoms with Crippen LogP contribution in [0.15, 0.2) is 23.3 Å². The van der Waals surface area contributed by atoms with Crippen LogP contribution < -0.4 is 5.43 Å². The second kappa shape index (κ2) is 4.83. The zero-order valence-electron chi connectivity index (χ0n) is 9.35. The summed E-state index contributed by atoms with van der Waals surface area (Å²) in [6, 6.07) is 3.03. The Morgan fingerprint density at radius 2 is 2.35 bits per heavy atom. The number of nitrogens with one attached hydrogen (secondary N) is 1. The van der Waals surface area contributed by atoms with Crippen molar-refractivity contribution in [3.63, 3.8) is 0 Å². The highest BCUT2D eigenvalue weighted by atomic mass is 16.2. The maximum atomic E-state index is 12.1. The molecule has 17 heavy (non-hydrogen) atoms. The third kappa shape index (κ3) is 2.21. The number of nitrogens with zero attached hydrogens (tertiary/aromatic N) is 2. The summed E-state index contributed by atoms with van der Waals surface area (Å²) in [4.78, 5) is 27.9. The van der Waals surface area contributed by atoms with Crippen molar-refractivity contribution in [3.8, 4) is 6.07 Å². The van der Waals surface area contributed by atoms with Gasteiger partial charge in [0.05, 0.1) is 6.07 Å². The number of carbonyl (C=O) groups is 1. The van der Waals surface area contributed by atoms with Crippen LogP contribution in [-0.2, 0) is 0 Å². The van der Waals surface area contributed by atoms with Gasteiger partial charge < -0.3 is 9.88 Å². The molecule has 1 N–H and O–H groups in total. The molecule has 1 aliphatic heterocycles.